The Morgan fingerprint density at radius 3 is 2.33 bits per heavy atom. The van der Waals surface area contributed by atoms with Gasteiger partial charge >= 0.3 is 6.18 Å². The molecule has 0 spiro atoms. The van der Waals surface area contributed by atoms with Gasteiger partial charge in [0.15, 0.2) is 0 Å². The van der Waals surface area contributed by atoms with Gasteiger partial charge in [0.1, 0.15) is 6.04 Å². The maximum Gasteiger partial charge on any atom is 0.407 e. The largest absolute Gasteiger partial charge is 0.407 e. The number of nitrogens with two attached hydrogens (primary N) is 2. The summed E-state index contributed by atoms with van der Waals surface area (Å²) in [7, 11) is 0. The average Bonchev–Trinajstić information content (AvgIpc) is 2.08. The molecule has 0 fully saturated rings. The summed E-state index contributed by atoms with van der Waals surface area (Å²) in [5.41, 5.74) is 10.9. The van der Waals surface area contributed by atoms with E-state index in [2.05, 4.69) is 0 Å². The Morgan fingerprint density at radius 1 is 1.33 bits per heavy atom. The predicted octanol–water partition coefficient (Wildman–Crippen LogP) is 2.79. The van der Waals surface area contributed by atoms with Crippen LogP contribution in [-0.2, 0) is 0 Å². The molecular weight excluding hydrogens is 229 g/mol. The van der Waals surface area contributed by atoms with E-state index < -0.39 is 12.2 Å². The van der Waals surface area contributed by atoms with Gasteiger partial charge in [0.2, 0.25) is 0 Å². The van der Waals surface area contributed by atoms with Crippen molar-refractivity contribution in [3.05, 3.63) is 28.3 Å². The second-order valence-electron chi connectivity index (χ2n) is 3.24. The zero-order chi connectivity index (χ0) is 11.8. The summed E-state index contributed by atoms with van der Waals surface area (Å²) in [6.45, 7) is 1.58. The number of nitrogen functional groups attached to an aromatic ring is 1. The van der Waals surface area contributed by atoms with Gasteiger partial charge in [0, 0.05) is 16.3 Å². The highest BCUT2D eigenvalue weighted by Gasteiger charge is 2.39. The van der Waals surface area contributed by atoms with E-state index in [1.165, 1.54) is 6.07 Å². The van der Waals surface area contributed by atoms with Crippen molar-refractivity contribution in [3.63, 3.8) is 0 Å². The summed E-state index contributed by atoms with van der Waals surface area (Å²) in [5.74, 6) is 0. The molecule has 0 unspecified atom stereocenters. The number of benzene rings is 1. The maximum absolute atomic E-state index is 12.4. The summed E-state index contributed by atoms with van der Waals surface area (Å²) < 4.78 is 37.1. The molecule has 15 heavy (non-hydrogen) atoms. The summed E-state index contributed by atoms with van der Waals surface area (Å²) in [6, 6.07) is 0.529. The molecule has 1 aromatic rings. The van der Waals surface area contributed by atoms with Crippen LogP contribution in [0.15, 0.2) is 12.1 Å². The second-order valence-corrected chi connectivity index (χ2v) is 3.68. The smallest absolute Gasteiger partial charge is 0.398 e. The van der Waals surface area contributed by atoms with E-state index in [1.54, 1.807) is 6.92 Å². The van der Waals surface area contributed by atoms with Gasteiger partial charge in [-0.3, -0.25) is 0 Å². The average molecular weight is 239 g/mol. The molecule has 0 heterocycles. The van der Waals surface area contributed by atoms with Gasteiger partial charge in [-0.15, -0.1) is 0 Å². The van der Waals surface area contributed by atoms with Crippen molar-refractivity contribution >= 4 is 17.3 Å². The van der Waals surface area contributed by atoms with Gasteiger partial charge < -0.3 is 11.5 Å². The van der Waals surface area contributed by atoms with Crippen LogP contribution in [0, 0.1) is 6.92 Å². The zero-order valence-corrected chi connectivity index (χ0v) is 8.65. The molecule has 0 saturated heterocycles. The summed E-state index contributed by atoms with van der Waals surface area (Å²) >= 11 is 5.64. The molecule has 1 atom stereocenters. The maximum atomic E-state index is 12.4. The van der Waals surface area contributed by atoms with Gasteiger partial charge in [-0.05, 0) is 24.6 Å². The Labute approximate surface area is 90.0 Å². The molecule has 0 saturated carbocycles. The van der Waals surface area contributed by atoms with E-state index >= 15 is 0 Å². The Bertz CT molecular complexity index is 376. The normalized spacial score (nSPS) is 14.0. The van der Waals surface area contributed by atoms with Crippen molar-refractivity contribution in [1.29, 1.82) is 0 Å². The lowest BCUT2D eigenvalue weighted by Gasteiger charge is -2.19. The lowest BCUT2D eigenvalue weighted by Crippen LogP contribution is -2.29. The monoisotopic (exact) mass is 238 g/mol. The van der Waals surface area contributed by atoms with E-state index in [9.17, 15) is 13.2 Å². The summed E-state index contributed by atoms with van der Waals surface area (Å²) in [6.07, 6.45) is -4.52. The number of alkyl halides is 3. The fraction of sp³-hybridized carbons (Fsp3) is 0.333. The topological polar surface area (TPSA) is 52.0 Å². The first kappa shape index (κ1) is 12.1. The molecule has 0 amide bonds. The van der Waals surface area contributed by atoms with Crippen LogP contribution in [0.5, 0.6) is 0 Å². The molecule has 4 N–H and O–H groups in total. The third-order valence-corrected chi connectivity index (χ3v) is 2.29. The Kier molecular flexibility index (Phi) is 3.16. The first-order chi connectivity index (χ1) is 6.73. The highest BCUT2D eigenvalue weighted by atomic mass is 35.5. The van der Waals surface area contributed by atoms with Crippen LogP contribution in [-0.4, -0.2) is 6.18 Å². The number of rotatable bonds is 1. The fourth-order valence-electron chi connectivity index (χ4n) is 1.21. The third-order valence-electron chi connectivity index (χ3n) is 2.07. The van der Waals surface area contributed by atoms with Gasteiger partial charge in [0.25, 0.3) is 0 Å². The molecule has 0 bridgehead atoms. The van der Waals surface area contributed by atoms with Crippen LogP contribution in [0.25, 0.3) is 0 Å². The molecular formula is C9H10ClF3N2. The van der Waals surface area contributed by atoms with Crippen LogP contribution >= 0.6 is 11.6 Å². The molecule has 84 valence electrons. The molecule has 1 rings (SSSR count). The summed E-state index contributed by atoms with van der Waals surface area (Å²) in [5, 5.41) is 0.191. The van der Waals surface area contributed by atoms with E-state index in [4.69, 9.17) is 23.1 Å². The van der Waals surface area contributed by atoms with Gasteiger partial charge in [-0.1, -0.05) is 11.6 Å². The molecule has 2 nitrogen and oxygen atoms in total. The van der Waals surface area contributed by atoms with Crippen LogP contribution in [0.4, 0.5) is 18.9 Å². The molecule has 0 aliphatic carbocycles. The van der Waals surface area contributed by atoms with Crippen molar-refractivity contribution in [3.8, 4) is 0 Å². The third kappa shape index (κ3) is 2.54. The van der Waals surface area contributed by atoms with Gasteiger partial charge in [0.05, 0.1) is 0 Å². The molecule has 0 aliphatic rings. The molecule has 1 aromatic carbocycles. The van der Waals surface area contributed by atoms with Crippen molar-refractivity contribution in [1.82, 2.24) is 0 Å². The minimum atomic E-state index is -4.52. The van der Waals surface area contributed by atoms with E-state index in [-0.39, 0.29) is 16.3 Å². The SMILES string of the molecule is Cc1cc(Cl)cc([C@H](N)C(F)(F)F)c1N. The second kappa shape index (κ2) is 3.90. The lowest BCUT2D eigenvalue weighted by molar-refractivity contribution is -0.149. The van der Waals surface area contributed by atoms with Crippen LogP contribution in [0.3, 0.4) is 0 Å². The van der Waals surface area contributed by atoms with E-state index in [0.717, 1.165) is 6.07 Å². The Hall–Kier alpha value is -0.940. The minimum Gasteiger partial charge on any atom is -0.398 e. The fourth-order valence-corrected chi connectivity index (χ4v) is 1.50. The van der Waals surface area contributed by atoms with Crippen LogP contribution < -0.4 is 11.5 Å². The number of halogens is 4. The van der Waals surface area contributed by atoms with Gasteiger partial charge in [-0.25, -0.2) is 0 Å². The van der Waals surface area contributed by atoms with E-state index in [0.29, 0.717) is 5.56 Å². The van der Waals surface area contributed by atoms with Crippen LogP contribution in [0.1, 0.15) is 17.2 Å². The number of hydrogen-bond acceptors (Lipinski definition) is 2. The van der Waals surface area contributed by atoms with Crippen molar-refractivity contribution in [2.24, 2.45) is 5.73 Å². The highest BCUT2D eigenvalue weighted by molar-refractivity contribution is 6.30. The molecule has 0 aliphatic heterocycles. The molecule has 0 aromatic heterocycles. The lowest BCUT2D eigenvalue weighted by atomic mass is 10.0. The van der Waals surface area contributed by atoms with Crippen molar-refractivity contribution in [2.45, 2.75) is 19.1 Å². The van der Waals surface area contributed by atoms with E-state index in [1.807, 2.05) is 0 Å². The first-order valence-corrected chi connectivity index (χ1v) is 4.49. The number of aryl methyl sites for hydroxylation is 1. The minimum absolute atomic E-state index is 0.0317. The molecule has 6 heteroatoms. The number of anilines is 1. The number of hydrogen-bond donors (Lipinski definition) is 2. The molecule has 0 radical (unpaired) electrons. The summed E-state index contributed by atoms with van der Waals surface area (Å²) in [4.78, 5) is 0. The standard InChI is InChI=1S/C9H10ClF3N2/c1-4-2-5(10)3-6(7(4)14)8(15)9(11,12)13/h2-3,8H,14-15H2,1H3/t8-/m0/s1. The highest BCUT2D eigenvalue weighted by Crippen LogP contribution is 2.35. The predicted molar refractivity (Wildman–Crippen MR) is 53.6 cm³/mol. The van der Waals surface area contributed by atoms with Crippen LogP contribution in [0.2, 0.25) is 5.02 Å². The van der Waals surface area contributed by atoms with Crippen molar-refractivity contribution in [2.75, 3.05) is 5.73 Å². The Balaban J connectivity index is 3.25. The van der Waals surface area contributed by atoms with Gasteiger partial charge in [-0.2, -0.15) is 13.2 Å². The van der Waals surface area contributed by atoms with Crippen molar-refractivity contribution < 1.29 is 13.2 Å². The Morgan fingerprint density at radius 2 is 1.87 bits per heavy atom. The quantitative estimate of drug-likeness (QED) is 0.739. The first-order valence-electron chi connectivity index (χ1n) is 4.11. The zero-order valence-electron chi connectivity index (χ0n) is 7.90.